The summed E-state index contributed by atoms with van der Waals surface area (Å²) < 4.78 is 0. The first-order chi connectivity index (χ1) is 11.5. The molecule has 0 aliphatic rings. The van der Waals surface area contributed by atoms with E-state index in [2.05, 4.69) is 62.2 Å². The van der Waals surface area contributed by atoms with Gasteiger partial charge in [0.1, 0.15) is 0 Å². The fourth-order valence-corrected chi connectivity index (χ4v) is 2.98. The number of hydrogen-bond acceptors (Lipinski definition) is 2. The van der Waals surface area contributed by atoms with E-state index in [0.717, 1.165) is 11.1 Å². The maximum atomic E-state index is 12.7. The van der Waals surface area contributed by atoms with E-state index in [1.165, 1.54) is 0 Å². The van der Waals surface area contributed by atoms with Crippen molar-refractivity contribution in [3.63, 3.8) is 0 Å². The van der Waals surface area contributed by atoms with Crippen molar-refractivity contribution in [2.24, 2.45) is 0 Å². The van der Waals surface area contributed by atoms with Crippen LogP contribution in [-0.2, 0) is 4.79 Å². The normalized spacial score (nSPS) is 11.5. The Morgan fingerprint density at radius 1 is 0.833 bits per heavy atom. The van der Waals surface area contributed by atoms with Crippen LogP contribution in [0.4, 0.5) is 0 Å². The summed E-state index contributed by atoms with van der Waals surface area (Å²) in [5.74, 6) is 0.0510. The zero-order chi connectivity index (χ0) is 17.5. The van der Waals surface area contributed by atoms with Crippen molar-refractivity contribution < 1.29 is 4.79 Å². The van der Waals surface area contributed by atoms with Crippen LogP contribution in [0, 0.1) is 0 Å². The highest BCUT2D eigenvalue weighted by atomic mass is 16.2. The van der Waals surface area contributed by atoms with Gasteiger partial charge in [-0.1, -0.05) is 60.7 Å². The Bertz CT molecular complexity index is 575. The number of benzene rings is 2. The second-order valence-electron chi connectivity index (χ2n) is 6.68. The van der Waals surface area contributed by atoms with Crippen molar-refractivity contribution >= 4 is 5.91 Å². The SMILES string of the molecule is CC(C)N(CC(=O)NC(c1ccccc1)c1ccccc1)C(C)C. The number of rotatable bonds is 7. The molecule has 3 heteroatoms. The summed E-state index contributed by atoms with van der Waals surface area (Å²) in [6, 6.07) is 20.8. The van der Waals surface area contributed by atoms with E-state index in [9.17, 15) is 4.79 Å². The zero-order valence-corrected chi connectivity index (χ0v) is 15.1. The van der Waals surface area contributed by atoms with Gasteiger partial charge in [0.05, 0.1) is 12.6 Å². The molecule has 0 aromatic heterocycles. The molecule has 0 radical (unpaired) electrons. The Morgan fingerprint density at radius 2 is 1.25 bits per heavy atom. The van der Waals surface area contributed by atoms with E-state index in [1.54, 1.807) is 0 Å². The van der Waals surface area contributed by atoms with Crippen LogP contribution in [0.2, 0.25) is 0 Å². The molecule has 0 spiro atoms. The minimum Gasteiger partial charge on any atom is -0.344 e. The second-order valence-corrected chi connectivity index (χ2v) is 6.68. The first-order valence-corrected chi connectivity index (χ1v) is 8.64. The molecule has 3 nitrogen and oxygen atoms in total. The smallest absolute Gasteiger partial charge is 0.234 e. The average Bonchev–Trinajstić information content (AvgIpc) is 2.58. The zero-order valence-electron chi connectivity index (χ0n) is 15.1. The summed E-state index contributed by atoms with van der Waals surface area (Å²) in [5, 5.41) is 3.21. The predicted molar refractivity (Wildman–Crippen MR) is 99.8 cm³/mol. The predicted octanol–water partition coefficient (Wildman–Crippen LogP) is 4.01. The molecule has 1 N–H and O–H groups in total. The highest BCUT2D eigenvalue weighted by Gasteiger charge is 2.21. The van der Waals surface area contributed by atoms with Gasteiger partial charge in [-0.3, -0.25) is 9.69 Å². The van der Waals surface area contributed by atoms with Crippen LogP contribution in [0.3, 0.4) is 0 Å². The lowest BCUT2D eigenvalue weighted by Gasteiger charge is -2.30. The van der Waals surface area contributed by atoms with Gasteiger partial charge < -0.3 is 5.32 Å². The van der Waals surface area contributed by atoms with E-state index in [1.807, 2.05) is 36.4 Å². The van der Waals surface area contributed by atoms with Gasteiger partial charge in [-0.05, 0) is 38.8 Å². The number of carbonyl (C=O) groups excluding carboxylic acids is 1. The number of nitrogens with zero attached hydrogens (tertiary/aromatic N) is 1. The molecule has 2 aromatic carbocycles. The quantitative estimate of drug-likeness (QED) is 0.834. The molecule has 0 aliphatic heterocycles. The van der Waals surface area contributed by atoms with Crippen LogP contribution in [0.1, 0.15) is 44.9 Å². The van der Waals surface area contributed by atoms with Crippen molar-refractivity contribution in [1.29, 1.82) is 0 Å². The van der Waals surface area contributed by atoms with E-state index >= 15 is 0 Å². The molecule has 0 fully saturated rings. The second kappa shape index (κ2) is 8.65. The van der Waals surface area contributed by atoms with Crippen LogP contribution in [-0.4, -0.2) is 29.4 Å². The molecule has 24 heavy (non-hydrogen) atoms. The van der Waals surface area contributed by atoms with Gasteiger partial charge in [-0.25, -0.2) is 0 Å². The van der Waals surface area contributed by atoms with Crippen LogP contribution in [0.25, 0.3) is 0 Å². The maximum absolute atomic E-state index is 12.7. The minimum atomic E-state index is -0.124. The first kappa shape index (κ1) is 18.2. The Kier molecular flexibility index (Phi) is 6.56. The molecular formula is C21H28N2O. The highest BCUT2D eigenvalue weighted by Crippen LogP contribution is 2.21. The monoisotopic (exact) mass is 324 g/mol. The molecule has 0 atom stereocenters. The van der Waals surface area contributed by atoms with E-state index in [4.69, 9.17) is 0 Å². The Labute approximate surface area is 145 Å². The van der Waals surface area contributed by atoms with Gasteiger partial charge in [-0.2, -0.15) is 0 Å². The van der Waals surface area contributed by atoms with E-state index in [0.29, 0.717) is 18.6 Å². The molecule has 0 aliphatic carbocycles. The molecule has 1 amide bonds. The van der Waals surface area contributed by atoms with Crippen LogP contribution in [0.5, 0.6) is 0 Å². The first-order valence-electron chi connectivity index (χ1n) is 8.64. The third-order valence-corrected chi connectivity index (χ3v) is 4.22. The molecule has 2 rings (SSSR count). The number of amides is 1. The topological polar surface area (TPSA) is 32.3 Å². The number of nitrogens with one attached hydrogen (secondary N) is 1. The Hall–Kier alpha value is -2.13. The lowest BCUT2D eigenvalue weighted by molar-refractivity contribution is -0.123. The van der Waals surface area contributed by atoms with Gasteiger partial charge >= 0.3 is 0 Å². The molecule has 0 unspecified atom stereocenters. The molecule has 0 saturated carbocycles. The third kappa shape index (κ3) is 4.93. The van der Waals surface area contributed by atoms with Gasteiger partial charge in [-0.15, -0.1) is 0 Å². The molecular weight excluding hydrogens is 296 g/mol. The van der Waals surface area contributed by atoms with Crippen LogP contribution >= 0.6 is 0 Å². The van der Waals surface area contributed by atoms with Crippen molar-refractivity contribution in [3.8, 4) is 0 Å². The van der Waals surface area contributed by atoms with E-state index in [-0.39, 0.29) is 11.9 Å². The largest absolute Gasteiger partial charge is 0.344 e. The van der Waals surface area contributed by atoms with Crippen LogP contribution in [0.15, 0.2) is 60.7 Å². The van der Waals surface area contributed by atoms with Gasteiger partial charge in [0.2, 0.25) is 5.91 Å². The molecule has 0 bridgehead atoms. The summed E-state index contributed by atoms with van der Waals surface area (Å²) in [6.07, 6.45) is 0. The fraction of sp³-hybridized carbons (Fsp3) is 0.381. The summed E-state index contributed by atoms with van der Waals surface area (Å²) in [5.41, 5.74) is 2.19. The lowest BCUT2D eigenvalue weighted by Crippen LogP contribution is -2.45. The molecule has 0 heterocycles. The molecule has 0 saturated heterocycles. The Morgan fingerprint density at radius 3 is 1.62 bits per heavy atom. The third-order valence-electron chi connectivity index (χ3n) is 4.22. The van der Waals surface area contributed by atoms with Gasteiger partial charge in [0.25, 0.3) is 0 Å². The number of carbonyl (C=O) groups is 1. The van der Waals surface area contributed by atoms with Crippen molar-refractivity contribution in [2.75, 3.05) is 6.54 Å². The van der Waals surface area contributed by atoms with Crippen molar-refractivity contribution in [2.45, 2.75) is 45.8 Å². The van der Waals surface area contributed by atoms with E-state index < -0.39 is 0 Å². The molecule has 2 aromatic rings. The summed E-state index contributed by atoms with van der Waals surface area (Å²) in [7, 11) is 0. The summed E-state index contributed by atoms with van der Waals surface area (Å²) in [4.78, 5) is 14.9. The van der Waals surface area contributed by atoms with Crippen molar-refractivity contribution in [1.82, 2.24) is 10.2 Å². The standard InChI is InChI=1S/C21H28N2O/c1-16(2)23(17(3)4)15-20(24)22-21(18-11-7-5-8-12-18)19-13-9-6-10-14-19/h5-14,16-17,21H,15H2,1-4H3,(H,22,24). The Balaban J connectivity index is 2.18. The van der Waals surface area contributed by atoms with Crippen LogP contribution < -0.4 is 5.32 Å². The fourth-order valence-electron chi connectivity index (χ4n) is 2.98. The number of hydrogen-bond donors (Lipinski definition) is 1. The maximum Gasteiger partial charge on any atom is 0.234 e. The molecule has 128 valence electrons. The van der Waals surface area contributed by atoms with Crippen molar-refractivity contribution in [3.05, 3.63) is 71.8 Å². The summed E-state index contributed by atoms with van der Waals surface area (Å²) >= 11 is 0. The van der Waals surface area contributed by atoms with Gasteiger partial charge in [0.15, 0.2) is 0 Å². The summed E-state index contributed by atoms with van der Waals surface area (Å²) in [6.45, 7) is 8.90. The highest BCUT2D eigenvalue weighted by molar-refractivity contribution is 5.79. The minimum absolute atomic E-state index is 0.0510. The lowest BCUT2D eigenvalue weighted by atomic mass is 9.98. The average molecular weight is 324 g/mol. The van der Waals surface area contributed by atoms with Gasteiger partial charge in [0, 0.05) is 12.1 Å².